The van der Waals surface area contributed by atoms with Gasteiger partial charge in [0.1, 0.15) is 0 Å². The fraction of sp³-hybridized carbons (Fsp3) is 0.611. The molecule has 0 radical (unpaired) electrons. The molecule has 24 heavy (non-hydrogen) atoms. The SMILES string of the molecule is Cc1cc(NC(=O)N(C)C[C@@H]2CCCO2)ccc1N1CCSCC1. The molecule has 2 fully saturated rings. The third-order valence-electron chi connectivity index (χ3n) is 4.65. The monoisotopic (exact) mass is 349 g/mol. The average Bonchev–Trinajstić information content (AvgIpc) is 3.08. The van der Waals surface area contributed by atoms with Crippen molar-refractivity contribution in [2.45, 2.75) is 25.9 Å². The van der Waals surface area contributed by atoms with Crippen LogP contribution in [0.15, 0.2) is 18.2 Å². The highest BCUT2D eigenvalue weighted by molar-refractivity contribution is 7.99. The van der Waals surface area contributed by atoms with Crippen molar-refractivity contribution < 1.29 is 9.53 Å². The number of carbonyl (C=O) groups is 1. The minimum absolute atomic E-state index is 0.0768. The van der Waals surface area contributed by atoms with E-state index in [1.165, 1.54) is 22.8 Å². The van der Waals surface area contributed by atoms with Crippen LogP contribution in [0.25, 0.3) is 0 Å². The van der Waals surface area contributed by atoms with Gasteiger partial charge in [-0.25, -0.2) is 4.79 Å². The summed E-state index contributed by atoms with van der Waals surface area (Å²) in [5.41, 5.74) is 3.34. The summed E-state index contributed by atoms with van der Waals surface area (Å²) in [6, 6.07) is 6.12. The third kappa shape index (κ3) is 4.36. The zero-order valence-electron chi connectivity index (χ0n) is 14.6. The molecule has 5 nitrogen and oxygen atoms in total. The zero-order chi connectivity index (χ0) is 16.9. The maximum atomic E-state index is 12.3. The smallest absolute Gasteiger partial charge is 0.321 e. The van der Waals surface area contributed by atoms with Gasteiger partial charge in [-0.05, 0) is 43.5 Å². The van der Waals surface area contributed by atoms with Crippen molar-refractivity contribution in [3.05, 3.63) is 23.8 Å². The Bertz CT molecular complexity index is 569. The van der Waals surface area contributed by atoms with Gasteiger partial charge in [0.25, 0.3) is 0 Å². The number of rotatable bonds is 4. The van der Waals surface area contributed by atoms with Gasteiger partial charge < -0.3 is 19.9 Å². The number of benzene rings is 1. The Kier molecular flexibility index (Phi) is 5.89. The molecular formula is C18H27N3O2S. The summed E-state index contributed by atoms with van der Waals surface area (Å²) in [4.78, 5) is 16.5. The zero-order valence-corrected chi connectivity index (χ0v) is 15.4. The second kappa shape index (κ2) is 8.12. The van der Waals surface area contributed by atoms with Crippen LogP contribution in [0, 0.1) is 6.92 Å². The summed E-state index contributed by atoms with van der Waals surface area (Å²) < 4.78 is 5.60. The highest BCUT2D eigenvalue weighted by atomic mass is 32.2. The van der Waals surface area contributed by atoms with E-state index in [2.05, 4.69) is 29.3 Å². The van der Waals surface area contributed by atoms with Gasteiger partial charge in [0.15, 0.2) is 0 Å². The number of carbonyl (C=O) groups excluding carboxylic acids is 1. The number of hydrogen-bond acceptors (Lipinski definition) is 4. The number of hydrogen-bond donors (Lipinski definition) is 1. The lowest BCUT2D eigenvalue weighted by Gasteiger charge is -2.30. The molecule has 1 N–H and O–H groups in total. The molecule has 1 aromatic rings. The van der Waals surface area contributed by atoms with E-state index in [9.17, 15) is 4.79 Å². The lowest BCUT2D eigenvalue weighted by atomic mass is 10.1. The average molecular weight is 350 g/mol. The maximum absolute atomic E-state index is 12.3. The highest BCUT2D eigenvalue weighted by Gasteiger charge is 2.20. The molecule has 3 rings (SSSR count). The Labute approximate surface area is 148 Å². The standard InChI is InChI=1S/C18H27N3O2S/c1-14-12-15(5-6-17(14)21-7-10-24-11-8-21)19-18(22)20(2)13-16-4-3-9-23-16/h5-6,12,16H,3-4,7-11,13H2,1-2H3,(H,19,22)/t16-/m0/s1. The van der Waals surface area contributed by atoms with E-state index in [1.807, 2.05) is 24.9 Å². The van der Waals surface area contributed by atoms with Crippen molar-refractivity contribution in [2.24, 2.45) is 0 Å². The van der Waals surface area contributed by atoms with Gasteiger partial charge in [0, 0.05) is 56.2 Å². The van der Waals surface area contributed by atoms with Crippen molar-refractivity contribution in [1.82, 2.24) is 4.90 Å². The van der Waals surface area contributed by atoms with Gasteiger partial charge in [-0.3, -0.25) is 0 Å². The van der Waals surface area contributed by atoms with Crippen LogP contribution < -0.4 is 10.2 Å². The Morgan fingerprint density at radius 1 is 1.42 bits per heavy atom. The predicted octanol–water partition coefficient (Wildman–Crippen LogP) is 3.19. The number of amides is 2. The molecule has 2 saturated heterocycles. The fourth-order valence-electron chi connectivity index (χ4n) is 3.29. The highest BCUT2D eigenvalue weighted by Crippen LogP contribution is 2.26. The first kappa shape index (κ1) is 17.4. The van der Waals surface area contributed by atoms with Crippen LogP contribution in [0.2, 0.25) is 0 Å². The number of ether oxygens (including phenoxy) is 1. The normalized spacial score (nSPS) is 20.9. The molecule has 132 valence electrons. The fourth-order valence-corrected chi connectivity index (χ4v) is 4.19. The van der Waals surface area contributed by atoms with E-state index in [0.29, 0.717) is 6.54 Å². The Balaban J connectivity index is 1.58. The van der Waals surface area contributed by atoms with Crippen molar-refractivity contribution in [3.8, 4) is 0 Å². The van der Waals surface area contributed by atoms with Crippen LogP contribution in [0.1, 0.15) is 18.4 Å². The van der Waals surface area contributed by atoms with Crippen LogP contribution in [0.4, 0.5) is 16.2 Å². The van der Waals surface area contributed by atoms with Gasteiger partial charge in [0.05, 0.1) is 6.10 Å². The Morgan fingerprint density at radius 3 is 2.88 bits per heavy atom. The van der Waals surface area contributed by atoms with Gasteiger partial charge in [-0.1, -0.05) is 0 Å². The largest absolute Gasteiger partial charge is 0.376 e. The van der Waals surface area contributed by atoms with E-state index >= 15 is 0 Å². The first-order chi connectivity index (χ1) is 11.6. The van der Waals surface area contributed by atoms with E-state index in [1.54, 1.807) is 4.90 Å². The lowest BCUT2D eigenvalue weighted by Crippen LogP contribution is -2.37. The van der Waals surface area contributed by atoms with Crippen molar-refractivity contribution in [2.75, 3.05) is 55.0 Å². The van der Waals surface area contributed by atoms with E-state index in [0.717, 1.165) is 38.2 Å². The molecule has 0 unspecified atom stereocenters. The van der Waals surface area contributed by atoms with Gasteiger partial charge in [-0.15, -0.1) is 0 Å². The summed E-state index contributed by atoms with van der Waals surface area (Å²) in [7, 11) is 1.82. The van der Waals surface area contributed by atoms with Crippen LogP contribution in [0.5, 0.6) is 0 Å². The van der Waals surface area contributed by atoms with Gasteiger partial charge in [-0.2, -0.15) is 11.8 Å². The predicted molar refractivity (Wildman–Crippen MR) is 101 cm³/mol. The quantitative estimate of drug-likeness (QED) is 0.907. The van der Waals surface area contributed by atoms with E-state index in [4.69, 9.17) is 4.74 Å². The number of aryl methyl sites for hydroxylation is 1. The molecule has 2 aliphatic heterocycles. The molecule has 6 heteroatoms. The number of anilines is 2. The Hall–Kier alpha value is -1.40. The topological polar surface area (TPSA) is 44.8 Å². The van der Waals surface area contributed by atoms with Gasteiger partial charge >= 0.3 is 6.03 Å². The first-order valence-electron chi connectivity index (χ1n) is 8.70. The minimum Gasteiger partial charge on any atom is -0.376 e. The molecule has 0 bridgehead atoms. The molecular weight excluding hydrogens is 322 g/mol. The van der Waals surface area contributed by atoms with Gasteiger partial charge in [0.2, 0.25) is 0 Å². The summed E-state index contributed by atoms with van der Waals surface area (Å²) in [5.74, 6) is 2.37. The molecule has 0 aromatic heterocycles. The van der Waals surface area contributed by atoms with Crippen LogP contribution >= 0.6 is 11.8 Å². The summed E-state index contributed by atoms with van der Waals surface area (Å²) in [6.45, 7) is 5.77. The summed E-state index contributed by atoms with van der Waals surface area (Å²) in [5, 5.41) is 3.00. The third-order valence-corrected chi connectivity index (χ3v) is 5.59. The number of thioether (sulfide) groups is 1. The number of urea groups is 1. The summed E-state index contributed by atoms with van der Waals surface area (Å²) >= 11 is 2.01. The maximum Gasteiger partial charge on any atom is 0.321 e. The van der Waals surface area contributed by atoms with Crippen molar-refractivity contribution >= 4 is 29.2 Å². The van der Waals surface area contributed by atoms with E-state index in [-0.39, 0.29) is 12.1 Å². The molecule has 1 aromatic carbocycles. The lowest BCUT2D eigenvalue weighted by molar-refractivity contribution is 0.0894. The molecule has 2 amide bonds. The molecule has 0 spiro atoms. The molecule has 2 heterocycles. The number of nitrogens with zero attached hydrogens (tertiary/aromatic N) is 2. The second-order valence-electron chi connectivity index (χ2n) is 6.55. The Morgan fingerprint density at radius 2 is 2.21 bits per heavy atom. The van der Waals surface area contributed by atoms with Crippen molar-refractivity contribution in [3.63, 3.8) is 0 Å². The molecule has 2 aliphatic rings. The number of nitrogens with one attached hydrogen (secondary N) is 1. The second-order valence-corrected chi connectivity index (χ2v) is 7.77. The van der Waals surface area contributed by atoms with E-state index < -0.39 is 0 Å². The van der Waals surface area contributed by atoms with Crippen LogP contribution in [-0.4, -0.2) is 61.8 Å². The minimum atomic E-state index is -0.0768. The van der Waals surface area contributed by atoms with Crippen LogP contribution in [0.3, 0.4) is 0 Å². The summed E-state index contributed by atoms with van der Waals surface area (Å²) in [6.07, 6.45) is 2.32. The van der Waals surface area contributed by atoms with Crippen molar-refractivity contribution in [1.29, 1.82) is 0 Å². The first-order valence-corrected chi connectivity index (χ1v) is 9.86. The number of likely N-dealkylation sites (N-methyl/N-ethyl adjacent to an activating group) is 1. The molecule has 1 atom stereocenters. The molecule has 0 aliphatic carbocycles. The van der Waals surface area contributed by atoms with Crippen LogP contribution in [-0.2, 0) is 4.74 Å². The molecule has 0 saturated carbocycles.